The average Bonchev–Trinajstić information content (AvgIpc) is 3.05. The van der Waals surface area contributed by atoms with Gasteiger partial charge in [0.15, 0.2) is 6.10 Å². The van der Waals surface area contributed by atoms with E-state index in [9.17, 15) is 14.3 Å². The van der Waals surface area contributed by atoms with E-state index in [-0.39, 0.29) is 5.82 Å². The van der Waals surface area contributed by atoms with Crippen LogP contribution in [0, 0.1) is 19.7 Å². The van der Waals surface area contributed by atoms with Crippen LogP contribution in [-0.4, -0.2) is 34.0 Å². The van der Waals surface area contributed by atoms with Gasteiger partial charge in [-0.1, -0.05) is 24.1 Å². The molecular formula is C25H29FN2O3S. The SMILES string of the molecule is CSN1CCn2c(C)cc3c(-c4ccc(F)cc4)c([C@H](OC(C)(C)C)C(=O)O)c(C)c1c32. The lowest BCUT2D eigenvalue weighted by Crippen LogP contribution is -2.30. The fraction of sp³-hybridized carbons (Fsp3) is 0.400. The maximum Gasteiger partial charge on any atom is 0.337 e. The van der Waals surface area contributed by atoms with Crippen LogP contribution < -0.4 is 4.31 Å². The second-order valence-corrected chi connectivity index (χ2v) is 10.0. The van der Waals surface area contributed by atoms with E-state index >= 15 is 0 Å². The first kappa shape index (κ1) is 22.7. The van der Waals surface area contributed by atoms with Crippen LogP contribution in [0.1, 0.15) is 43.7 Å². The number of carbonyl (C=O) groups is 1. The molecule has 0 saturated heterocycles. The summed E-state index contributed by atoms with van der Waals surface area (Å²) < 4.78 is 24.4. The maximum atomic E-state index is 13.8. The fourth-order valence-electron chi connectivity index (χ4n) is 4.68. The van der Waals surface area contributed by atoms with Crippen molar-refractivity contribution in [3.05, 3.63) is 53.0 Å². The fourth-order valence-corrected chi connectivity index (χ4v) is 5.35. The van der Waals surface area contributed by atoms with Gasteiger partial charge in [-0.2, -0.15) is 0 Å². The van der Waals surface area contributed by atoms with E-state index in [1.54, 1.807) is 24.1 Å². The van der Waals surface area contributed by atoms with Crippen LogP contribution in [0.15, 0.2) is 30.3 Å². The first-order valence-corrected chi connectivity index (χ1v) is 11.9. The molecule has 7 heteroatoms. The van der Waals surface area contributed by atoms with Crippen molar-refractivity contribution in [1.29, 1.82) is 0 Å². The van der Waals surface area contributed by atoms with Gasteiger partial charge in [0, 0.05) is 36.0 Å². The van der Waals surface area contributed by atoms with Crippen LogP contribution in [0.3, 0.4) is 0 Å². The van der Waals surface area contributed by atoms with Gasteiger partial charge in [-0.3, -0.25) is 0 Å². The highest BCUT2D eigenvalue weighted by atomic mass is 32.2. The Balaban J connectivity index is 2.16. The van der Waals surface area contributed by atoms with Crippen molar-refractivity contribution in [2.24, 2.45) is 0 Å². The quantitative estimate of drug-likeness (QED) is 0.470. The Morgan fingerprint density at radius 1 is 1.19 bits per heavy atom. The lowest BCUT2D eigenvalue weighted by Gasteiger charge is -2.34. The van der Waals surface area contributed by atoms with Crippen LogP contribution in [0.2, 0.25) is 0 Å². The summed E-state index contributed by atoms with van der Waals surface area (Å²) in [5.74, 6) is -1.37. The average molecular weight is 457 g/mol. The van der Waals surface area contributed by atoms with Crippen molar-refractivity contribution in [2.45, 2.75) is 52.9 Å². The Morgan fingerprint density at radius 2 is 1.84 bits per heavy atom. The minimum atomic E-state index is -1.16. The third-order valence-electron chi connectivity index (χ3n) is 5.91. The van der Waals surface area contributed by atoms with Crippen LogP contribution in [0.25, 0.3) is 22.0 Å². The van der Waals surface area contributed by atoms with Gasteiger partial charge < -0.3 is 18.7 Å². The number of anilines is 1. The van der Waals surface area contributed by atoms with Crippen LogP contribution in [0.4, 0.5) is 10.1 Å². The van der Waals surface area contributed by atoms with E-state index in [2.05, 4.69) is 21.9 Å². The molecule has 0 spiro atoms. The number of ether oxygens (including phenoxy) is 1. The molecule has 1 aliphatic heterocycles. The maximum absolute atomic E-state index is 13.8. The molecule has 0 saturated carbocycles. The molecular weight excluding hydrogens is 427 g/mol. The summed E-state index contributed by atoms with van der Waals surface area (Å²) in [6.07, 6.45) is 0.870. The Morgan fingerprint density at radius 3 is 2.41 bits per heavy atom. The van der Waals surface area contributed by atoms with Gasteiger partial charge in [0.25, 0.3) is 0 Å². The zero-order valence-electron chi connectivity index (χ0n) is 19.3. The minimum absolute atomic E-state index is 0.330. The molecule has 0 amide bonds. The van der Waals surface area contributed by atoms with E-state index in [1.165, 1.54) is 12.1 Å². The summed E-state index contributed by atoms with van der Waals surface area (Å²) in [4.78, 5) is 12.5. The lowest BCUT2D eigenvalue weighted by atomic mass is 9.87. The zero-order valence-corrected chi connectivity index (χ0v) is 20.1. The molecule has 0 radical (unpaired) electrons. The number of aromatic nitrogens is 1. The number of nitrogens with zero attached hydrogens (tertiary/aromatic N) is 2. The molecule has 0 aliphatic carbocycles. The van der Waals surface area contributed by atoms with E-state index in [4.69, 9.17) is 4.74 Å². The third-order valence-corrected chi connectivity index (χ3v) is 6.72. The first-order valence-electron chi connectivity index (χ1n) is 10.7. The Kier molecular flexibility index (Phi) is 5.75. The summed E-state index contributed by atoms with van der Waals surface area (Å²) in [6, 6.07) is 8.37. The molecule has 0 fully saturated rings. The standard InChI is InChI=1S/C25H29FN2O3S/c1-14-13-18-20(16-7-9-17(26)10-8-16)19(23(24(29)30)31-25(3,4)5)15(2)21-22(18)27(14)11-12-28(21)32-6/h7-10,13,23H,11-12H2,1-6H3,(H,29,30)/t23-/m0/s1. The molecule has 170 valence electrons. The van der Waals surface area contributed by atoms with Crippen molar-refractivity contribution < 1.29 is 19.0 Å². The molecule has 2 heterocycles. The van der Waals surface area contributed by atoms with Crippen molar-refractivity contribution in [2.75, 3.05) is 17.1 Å². The molecule has 1 atom stereocenters. The topological polar surface area (TPSA) is 54.7 Å². The summed E-state index contributed by atoms with van der Waals surface area (Å²) in [5, 5.41) is 11.2. The van der Waals surface area contributed by atoms with Crippen molar-refractivity contribution >= 4 is 34.5 Å². The highest BCUT2D eigenvalue weighted by Gasteiger charge is 2.35. The number of halogens is 1. The molecule has 0 bridgehead atoms. The highest BCUT2D eigenvalue weighted by molar-refractivity contribution is 8.00. The molecule has 4 rings (SSSR count). The number of carboxylic acid groups (broad SMARTS) is 1. The molecule has 1 aliphatic rings. The molecule has 2 aromatic carbocycles. The molecule has 3 aromatic rings. The number of rotatable bonds is 5. The lowest BCUT2D eigenvalue weighted by molar-refractivity contribution is -0.160. The predicted molar refractivity (Wildman–Crippen MR) is 129 cm³/mol. The molecule has 5 nitrogen and oxygen atoms in total. The van der Waals surface area contributed by atoms with Crippen molar-refractivity contribution in [3.63, 3.8) is 0 Å². The number of aryl methyl sites for hydroxylation is 1. The highest BCUT2D eigenvalue weighted by Crippen LogP contribution is 2.48. The monoisotopic (exact) mass is 456 g/mol. The van der Waals surface area contributed by atoms with Crippen LogP contribution in [-0.2, 0) is 16.1 Å². The Hall–Kier alpha value is -2.51. The Bertz CT molecular complexity index is 1200. The Labute approximate surface area is 192 Å². The second-order valence-electron chi connectivity index (χ2n) is 9.20. The van der Waals surface area contributed by atoms with Gasteiger partial charge in [-0.15, -0.1) is 0 Å². The number of hydrogen-bond donors (Lipinski definition) is 1. The van der Waals surface area contributed by atoms with Gasteiger partial charge in [-0.25, -0.2) is 9.18 Å². The van der Waals surface area contributed by atoms with Gasteiger partial charge >= 0.3 is 5.97 Å². The largest absolute Gasteiger partial charge is 0.479 e. The van der Waals surface area contributed by atoms with Crippen molar-refractivity contribution in [1.82, 2.24) is 4.57 Å². The van der Waals surface area contributed by atoms with Crippen LogP contribution >= 0.6 is 11.9 Å². The minimum Gasteiger partial charge on any atom is -0.479 e. The van der Waals surface area contributed by atoms with E-state index < -0.39 is 17.7 Å². The number of hydrogen-bond acceptors (Lipinski definition) is 4. The summed E-state index contributed by atoms with van der Waals surface area (Å²) in [6.45, 7) is 11.3. The number of carboxylic acids is 1. The van der Waals surface area contributed by atoms with E-state index in [0.717, 1.165) is 52.1 Å². The third kappa shape index (κ3) is 3.77. The van der Waals surface area contributed by atoms with Gasteiger partial charge in [-0.05, 0) is 69.5 Å². The van der Waals surface area contributed by atoms with Crippen LogP contribution in [0.5, 0.6) is 0 Å². The summed E-state index contributed by atoms with van der Waals surface area (Å²) in [7, 11) is 0. The smallest absolute Gasteiger partial charge is 0.337 e. The zero-order chi connectivity index (χ0) is 23.4. The summed E-state index contributed by atoms with van der Waals surface area (Å²) >= 11 is 1.63. The summed E-state index contributed by atoms with van der Waals surface area (Å²) in [5.41, 5.74) is 5.64. The van der Waals surface area contributed by atoms with E-state index in [1.807, 2.05) is 34.0 Å². The normalized spacial score (nSPS) is 14.8. The van der Waals surface area contributed by atoms with Crippen molar-refractivity contribution in [3.8, 4) is 11.1 Å². The van der Waals surface area contributed by atoms with Gasteiger partial charge in [0.05, 0.1) is 16.8 Å². The predicted octanol–water partition coefficient (Wildman–Crippen LogP) is 6.10. The van der Waals surface area contributed by atoms with E-state index in [0.29, 0.717) is 5.56 Å². The second kappa shape index (κ2) is 8.12. The molecule has 0 unspecified atom stereocenters. The first-order chi connectivity index (χ1) is 15.0. The number of aliphatic carboxylic acids is 1. The molecule has 1 N–H and O–H groups in total. The molecule has 1 aromatic heterocycles. The molecule has 32 heavy (non-hydrogen) atoms. The van der Waals surface area contributed by atoms with Gasteiger partial charge in [0.1, 0.15) is 5.82 Å². The number of benzene rings is 2. The van der Waals surface area contributed by atoms with Gasteiger partial charge in [0.2, 0.25) is 0 Å².